The van der Waals surface area contributed by atoms with Crippen LogP contribution in [-0.2, 0) is 19.1 Å². The van der Waals surface area contributed by atoms with Gasteiger partial charge < -0.3 is 15.4 Å². The standard InChI is InChI=1S/C10H18N2O4/c1-5-16-10(15)9(14)12-7(4)8(13)11-6(2)3/h6-7H,5H2,1-4H3,(H,11,13)(H,12,14). The molecule has 0 aromatic heterocycles. The van der Waals surface area contributed by atoms with E-state index in [1.54, 1.807) is 20.8 Å². The fraction of sp³-hybridized carbons (Fsp3) is 0.700. The molecule has 0 aliphatic rings. The van der Waals surface area contributed by atoms with Crippen LogP contribution in [0.15, 0.2) is 0 Å². The van der Waals surface area contributed by atoms with Gasteiger partial charge in [0.15, 0.2) is 0 Å². The zero-order valence-electron chi connectivity index (χ0n) is 9.99. The first-order valence-electron chi connectivity index (χ1n) is 5.16. The summed E-state index contributed by atoms with van der Waals surface area (Å²) in [6.45, 7) is 6.82. The molecule has 0 aliphatic carbocycles. The maximum absolute atomic E-state index is 11.4. The van der Waals surface area contributed by atoms with Crippen LogP contribution in [0.2, 0.25) is 0 Å². The second kappa shape index (κ2) is 6.81. The third-order valence-electron chi connectivity index (χ3n) is 1.63. The van der Waals surface area contributed by atoms with Crippen molar-refractivity contribution in [1.82, 2.24) is 10.6 Å². The van der Waals surface area contributed by atoms with Crippen LogP contribution in [0.5, 0.6) is 0 Å². The molecule has 0 heterocycles. The van der Waals surface area contributed by atoms with E-state index in [4.69, 9.17) is 0 Å². The van der Waals surface area contributed by atoms with Crippen molar-refractivity contribution >= 4 is 17.8 Å². The Morgan fingerprint density at radius 3 is 2.12 bits per heavy atom. The molecule has 92 valence electrons. The molecule has 6 heteroatoms. The Morgan fingerprint density at radius 2 is 1.69 bits per heavy atom. The highest BCUT2D eigenvalue weighted by molar-refractivity contribution is 6.32. The lowest BCUT2D eigenvalue weighted by atomic mass is 10.3. The van der Waals surface area contributed by atoms with Gasteiger partial charge in [-0.2, -0.15) is 0 Å². The first-order chi connectivity index (χ1) is 7.38. The van der Waals surface area contributed by atoms with Gasteiger partial charge >= 0.3 is 11.9 Å². The van der Waals surface area contributed by atoms with Crippen molar-refractivity contribution in [3.05, 3.63) is 0 Å². The van der Waals surface area contributed by atoms with Crippen molar-refractivity contribution in [3.63, 3.8) is 0 Å². The van der Waals surface area contributed by atoms with E-state index in [0.29, 0.717) is 0 Å². The zero-order valence-corrected chi connectivity index (χ0v) is 9.99. The van der Waals surface area contributed by atoms with Crippen molar-refractivity contribution in [2.24, 2.45) is 0 Å². The van der Waals surface area contributed by atoms with Crippen molar-refractivity contribution < 1.29 is 19.1 Å². The predicted molar refractivity (Wildman–Crippen MR) is 57.5 cm³/mol. The van der Waals surface area contributed by atoms with Crippen molar-refractivity contribution in [1.29, 1.82) is 0 Å². The number of carbonyl (C=O) groups is 3. The van der Waals surface area contributed by atoms with Gasteiger partial charge in [0, 0.05) is 6.04 Å². The largest absolute Gasteiger partial charge is 0.459 e. The van der Waals surface area contributed by atoms with Crippen molar-refractivity contribution in [2.75, 3.05) is 6.61 Å². The Bertz CT molecular complexity index is 276. The molecule has 6 nitrogen and oxygen atoms in total. The number of rotatable bonds is 4. The summed E-state index contributed by atoms with van der Waals surface area (Å²) >= 11 is 0. The van der Waals surface area contributed by atoms with Gasteiger partial charge in [0.1, 0.15) is 6.04 Å². The molecule has 0 spiro atoms. The molecule has 0 aromatic carbocycles. The van der Waals surface area contributed by atoms with Gasteiger partial charge in [0.2, 0.25) is 5.91 Å². The average molecular weight is 230 g/mol. The Kier molecular flexibility index (Phi) is 6.14. The minimum atomic E-state index is -0.980. The molecule has 0 rings (SSSR count). The van der Waals surface area contributed by atoms with Crippen LogP contribution in [0.25, 0.3) is 0 Å². The summed E-state index contributed by atoms with van der Waals surface area (Å²) in [5.74, 6) is -2.23. The third kappa shape index (κ3) is 5.33. The molecule has 0 aliphatic heterocycles. The summed E-state index contributed by atoms with van der Waals surface area (Å²) in [4.78, 5) is 33.5. The fourth-order valence-electron chi connectivity index (χ4n) is 0.927. The first kappa shape index (κ1) is 14.4. The van der Waals surface area contributed by atoms with Crippen LogP contribution >= 0.6 is 0 Å². The zero-order chi connectivity index (χ0) is 12.7. The monoisotopic (exact) mass is 230 g/mol. The number of amides is 2. The van der Waals surface area contributed by atoms with Crippen LogP contribution in [-0.4, -0.2) is 36.5 Å². The molecular formula is C10H18N2O4. The van der Waals surface area contributed by atoms with Crippen LogP contribution < -0.4 is 10.6 Å². The van der Waals surface area contributed by atoms with E-state index in [1.807, 2.05) is 0 Å². The van der Waals surface area contributed by atoms with Crippen LogP contribution in [0.4, 0.5) is 0 Å². The molecule has 0 saturated carbocycles. The summed E-state index contributed by atoms with van der Waals surface area (Å²) in [5, 5.41) is 4.86. The maximum Gasteiger partial charge on any atom is 0.396 e. The van der Waals surface area contributed by atoms with Gasteiger partial charge in [-0.05, 0) is 27.7 Å². The lowest BCUT2D eigenvalue weighted by molar-refractivity contribution is -0.155. The molecule has 1 atom stereocenters. The van der Waals surface area contributed by atoms with Gasteiger partial charge in [-0.3, -0.25) is 9.59 Å². The predicted octanol–water partition coefficient (Wildman–Crippen LogP) is -0.421. The topological polar surface area (TPSA) is 84.5 Å². The lowest BCUT2D eigenvalue weighted by Gasteiger charge is -2.15. The summed E-state index contributed by atoms with van der Waals surface area (Å²) < 4.78 is 4.48. The molecular weight excluding hydrogens is 212 g/mol. The highest BCUT2D eigenvalue weighted by Crippen LogP contribution is 1.87. The number of carbonyl (C=O) groups excluding carboxylic acids is 3. The second-order valence-electron chi connectivity index (χ2n) is 3.58. The Morgan fingerprint density at radius 1 is 1.12 bits per heavy atom. The number of hydrogen-bond donors (Lipinski definition) is 2. The lowest BCUT2D eigenvalue weighted by Crippen LogP contribution is -2.48. The molecule has 0 aromatic rings. The SMILES string of the molecule is CCOC(=O)C(=O)NC(C)C(=O)NC(C)C. The molecule has 0 bridgehead atoms. The molecule has 0 saturated heterocycles. The van der Waals surface area contributed by atoms with Crippen molar-refractivity contribution in [2.45, 2.75) is 39.8 Å². The molecule has 0 radical (unpaired) electrons. The Labute approximate surface area is 94.7 Å². The molecule has 2 N–H and O–H groups in total. The van der Waals surface area contributed by atoms with Gasteiger partial charge in [0.05, 0.1) is 6.61 Å². The summed E-state index contributed by atoms with van der Waals surface area (Å²) in [6, 6.07) is -0.784. The summed E-state index contributed by atoms with van der Waals surface area (Å²) in [7, 11) is 0. The van der Waals surface area contributed by atoms with E-state index in [2.05, 4.69) is 15.4 Å². The maximum atomic E-state index is 11.4. The smallest absolute Gasteiger partial charge is 0.396 e. The minimum absolute atomic E-state index is 0.0190. The average Bonchev–Trinajstić information content (AvgIpc) is 2.16. The Hall–Kier alpha value is -1.59. The van der Waals surface area contributed by atoms with E-state index in [0.717, 1.165) is 0 Å². The molecule has 1 unspecified atom stereocenters. The Balaban J connectivity index is 4.13. The van der Waals surface area contributed by atoms with Crippen LogP contribution in [0, 0.1) is 0 Å². The number of ether oxygens (including phenoxy) is 1. The van der Waals surface area contributed by atoms with Gasteiger partial charge in [0.25, 0.3) is 0 Å². The minimum Gasteiger partial charge on any atom is -0.459 e. The number of nitrogens with one attached hydrogen (secondary N) is 2. The van der Waals surface area contributed by atoms with Crippen LogP contribution in [0.3, 0.4) is 0 Å². The van der Waals surface area contributed by atoms with E-state index < -0.39 is 17.9 Å². The number of esters is 1. The van der Waals surface area contributed by atoms with Gasteiger partial charge in [-0.25, -0.2) is 4.79 Å². The van der Waals surface area contributed by atoms with E-state index in [1.165, 1.54) is 6.92 Å². The first-order valence-corrected chi connectivity index (χ1v) is 5.16. The molecule has 0 fully saturated rings. The second-order valence-corrected chi connectivity index (χ2v) is 3.58. The van der Waals surface area contributed by atoms with E-state index in [-0.39, 0.29) is 18.6 Å². The quantitative estimate of drug-likeness (QED) is 0.507. The van der Waals surface area contributed by atoms with E-state index in [9.17, 15) is 14.4 Å². The summed E-state index contributed by atoms with van der Waals surface area (Å²) in [5.41, 5.74) is 0. The highest BCUT2D eigenvalue weighted by Gasteiger charge is 2.21. The summed E-state index contributed by atoms with van der Waals surface area (Å²) in [6.07, 6.45) is 0. The molecule has 2 amide bonds. The van der Waals surface area contributed by atoms with E-state index >= 15 is 0 Å². The van der Waals surface area contributed by atoms with Gasteiger partial charge in [-0.1, -0.05) is 0 Å². The van der Waals surface area contributed by atoms with Gasteiger partial charge in [-0.15, -0.1) is 0 Å². The normalized spacial score (nSPS) is 11.8. The van der Waals surface area contributed by atoms with Crippen molar-refractivity contribution in [3.8, 4) is 0 Å². The fourth-order valence-corrected chi connectivity index (χ4v) is 0.927. The van der Waals surface area contributed by atoms with Crippen LogP contribution in [0.1, 0.15) is 27.7 Å². The third-order valence-corrected chi connectivity index (χ3v) is 1.63. The highest BCUT2D eigenvalue weighted by atomic mass is 16.5. The molecule has 16 heavy (non-hydrogen) atoms. The number of hydrogen-bond acceptors (Lipinski definition) is 4.